The highest BCUT2D eigenvalue weighted by Crippen LogP contribution is 2.37. The van der Waals surface area contributed by atoms with Gasteiger partial charge in [0.25, 0.3) is 0 Å². The van der Waals surface area contributed by atoms with Gasteiger partial charge in [-0.2, -0.15) is 13.2 Å². The number of halogens is 3. The Labute approximate surface area is 130 Å². The third-order valence-electron chi connectivity index (χ3n) is 4.04. The number of pyridine rings is 1. The zero-order chi connectivity index (χ0) is 16.8. The van der Waals surface area contributed by atoms with Gasteiger partial charge in [0.2, 0.25) is 0 Å². The van der Waals surface area contributed by atoms with Gasteiger partial charge in [-0.1, -0.05) is 11.6 Å². The Kier molecular flexibility index (Phi) is 3.63. The van der Waals surface area contributed by atoms with E-state index >= 15 is 0 Å². The molecule has 0 amide bonds. The molecule has 8 heteroatoms. The molecule has 122 valence electrons. The average molecular weight is 323 g/mol. The van der Waals surface area contributed by atoms with Crippen LogP contribution in [0, 0.1) is 0 Å². The van der Waals surface area contributed by atoms with Gasteiger partial charge >= 0.3 is 6.18 Å². The van der Waals surface area contributed by atoms with Gasteiger partial charge < -0.3 is 16.0 Å². The summed E-state index contributed by atoms with van der Waals surface area (Å²) in [4.78, 5) is 8.00. The maximum atomic E-state index is 13.0. The third kappa shape index (κ3) is 2.70. The Bertz CT molecular complexity index is 776. The summed E-state index contributed by atoms with van der Waals surface area (Å²) in [6, 6.07) is 1.14. The molecule has 4 N–H and O–H groups in total. The quantitative estimate of drug-likeness (QED) is 0.851. The van der Waals surface area contributed by atoms with Crippen LogP contribution in [0.5, 0.6) is 0 Å². The first-order valence-corrected chi connectivity index (χ1v) is 7.08. The predicted molar refractivity (Wildman–Crippen MR) is 80.2 cm³/mol. The van der Waals surface area contributed by atoms with Crippen molar-refractivity contribution in [2.45, 2.75) is 32.1 Å². The van der Waals surface area contributed by atoms with Gasteiger partial charge in [-0.05, 0) is 19.4 Å². The molecule has 3 rings (SSSR count). The maximum Gasteiger partial charge on any atom is 0.419 e. The number of imidazole rings is 1. The number of anilines is 1. The molecule has 23 heavy (non-hydrogen) atoms. The standard InChI is InChI=1S/C15H16F3N5/c1-8-2-3-12(8)23-7-11(22-13(23)5-19)9-4-10(15(16,17)18)14(20)21-6-9/h2,4,6-7,12H,3,5,19H2,1H3,(H2,20,21). The van der Waals surface area contributed by atoms with Crippen LogP contribution >= 0.6 is 0 Å². The summed E-state index contributed by atoms with van der Waals surface area (Å²) in [6.07, 6.45) is 1.41. The topological polar surface area (TPSA) is 82.8 Å². The van der Waals surface area contributed by atoms with Gasteiger partial charge in [-0.15, -0.1) is 0 Å². The second-order valence-corrected chi connectivity index (χ2v) is 5.51. The molecule has 5 nitrogen and oxygen atoms in total. The van der Waals surface area contributed by atoms with Crippen LogP contribution in [-0.2, 0) is 12.7 Å². The molecule has 0 radical (unpaired) electrons. The first-order chi connectivity index (χ1) is 10.8. The molecule has 1 unspecified atom stereocenters. The molecule has 0 fully saturated rings. The van der Waals surface area contributed by atoms with Crippen LogP contribution in [0.1, 0.15) is 30.8 Å². The van der Waals surface area contributed by atoms with Crippen LogP contribution < -0.4 is 11.5 Å². The lowest BCUT2D eigenvalue weighted by atomic mass is 9.93. The lowest BCUT2D eigenvalue weighted by molar-refractivity contribution is -0.137. The molecular formula is C15H16F3N5. The molecule has 2 heterocycles. The fourth-order valence-electron chi connectivity index (χ4n) is 2.63. The molecule has 0 aliphatic heterocycles. The number of rotatable bonds is 3. The predicted octanol–water partition coefficient (Wildman–Crippen LogP) is 2.90. The monoisotopic (exact) mass is 323 g/mol. The van der Waals surface area contributed by atoms with Crippen molar-refractivity contribution in [3.8, 4) is 11.3 Å². The number of alkyl halides is 3. The maximum absolute atomic E-state index is 13.0. The summed E-state index contributed by atoms with van der Waals surface area (Å²) in [5, 5.41) is 0. The minimum absolute atomic E-state index is 0.165. The van der Waals surface area contributed by atoms with Crippen molar-refractivity contribution in [1.82, 2.24) is 14.5 Å². The molecule has 2 aromatic heterocycles. The fraction of sp³-hybridized carbons (Fsp3) is 0.333. The molecule has 1 atom stereocenters. The number of aromatic nitrogens is 3. The summed E-state index contributed by atoms with van der Waals surface area (Å²) >= 11 is 0. The summed E-state index contributed by atoms with van der Waals surface area (Å²) in [6.45, 7) is 2.21. The minimum atomic E-state index is -4.56. The second-order valence-electron chi connectivity index (χ2n) is 5.51. The van der Waals surface area contributed by atoms with E-state index in [0.717, 1.165) is 12.5 Å². The summed E-state index contributed by atoms with van der Waals surface area (Å²) < 4.78 is 40.8. The largest absolute Gasteiger partial charge is 0.419 e. The Morgan fingerprint density at radius 1 is 1.39 bits per heavy atom. The molecule has 0 aromatic carbocycles. The van der Waals surface area contributed by atoms with E-state index in [1.165, 1.54) is 11.8 Å². The van der Waals surface area contributed by atoms with Crippen molar-refractivity contribution in [3.05, 3.63) is 41.5 Å². The van der Waals surface area contributed by atoms with Crippen LogP contribution in [0.25, 0.3) is 11.3 Å². The van der Waals surface area contributed by atoms with E-state index < -0.39 is 17.6 Å². The smallest absolute Gasteiger partial charge is 0.383 e. The van der Waals surface area contributed by atoms with Crippen LogP contribution in [0.2, 0.25) is 0 Å². The lowest BCUT2D eigenvalue weighted by Crippen LogP contribution is -2.19. The first kappa shape index (κ1) is 15.5. The molecule has 0 saturated carbocycles. The van der Waals surface area contributed by atoms with Gasteiger partial charge in [-0.25, -0.2) is 9.97 Å². The van der Waals surface area contributed by atoms with Crippen molar-refractivity contribution >= 4 is 5.82 Å². The number of nitrogen functional groups attached to an aromatic ring is 1. The Morgan fingerprint density at radius 3 is 2.65 bits per heavy atom. The first-order valence-electron chi connectivity index (χ1n) is 7.08. The van der Waals surface area contributed by atoms with Gasteiger partial charge in [0.1, 0.15) is 11.6 Å². The Morgan fingerprint density at radius 2 is 2.13 bits per heavy atom. The van der Waals surface area contributed by atoms with E-state index in [4.69, 9.17) is 11.5 Å². The van der Waals surface area contributed by atoms with Crippen molar-refractivity contribution in [3.63, 3.8) is 0 Å². The van der Waals surface area contributed by atoms with E-state index in [0.29, 0.717) is 11.5 Å². The number of nitrogens with zero attached hydrogens (tertiary/aromatic N) is 3. The highest BCUT2D eigenvalue weighted by atomic mass is 19.4. The molecule has 0 bridgehead atoms. The molecular weight excluding hydrogens is 307 g/mol. The number of allylic oxidation sites excluding steroid dienone is 2. The molecule has 1 aliphatic rings. The molecule has 2 aromatic rings. The van der Waals surface area contributed by atoms with E-state index in [9.17, 15) is 13.2 Å². The summed E-state index contributed by atoms with van der Waals surface area (Å²) in [5.41, 5.74) is 11.9. The molecule has 1 aliphatic carbocycles. The number of hydrogen-bond donors (Lipinski definition) is 2. The van der Waals surface area contributed by atoms with Crippen LogP contribution in [-0.4, -0.2) is 14.5 Å². The normalized spacial score (nSPS) is 17.8. The van der Waals surface area contributed by atoms with E-state index in [1.54, 1.807) is 6.20 Å². The lowest BCUT2D eigenvalue weighted by Gasteiger charge is -2.27. The zero-order valence-electron chi connectivity index (χ0n) is 12.4. The Balaban J connectivity index is 2.04. The highest BCUT2D eigenvalue weighted by molar-refractivity contribution is 5.62. The SMILES string of the molecule is CC1=CCC1n1cc(-c2cnc(N)c(C(F)(F)F)c2)nc1CN. The van der Waals surface area contributed by atoms with Crippen molar-refractivity contribution in [2.24, 2.45) is 5.73 Å². The van der Waals surface area contributed by atoms with E-state index in [-0.39, 0.29) is 18.2 Å². The fourth-order valence-corrected chi connectivity index (χ4v) is 2.63. The number of hydrogen-bond acceptors (Lipinski definition) is 4. The summed E-state index contributed by atoms with van der Waals surface area (Å²) in [5.74, 6) is 0.0836. The number of nitrogens with two attached hydrogens (primary N) is 2. The van der Waals surface area contributed by atoms with Gasteiger partial charge in [0.05, 0.1) is 23.8 Å². The molecule has 0 saturated heterocycles. The average Bonchev–Trinajstić information content (AvgIpc) is 2.88. The minimum Gasteiger partial charge on any atom is -0.383 e. The highest BCUT2D eigenvalue weighted by Gasteiger charge is 2.34. The van der Waals surface area contributed by atoms with Crippen molar-refractivity contribution in [2.75, 3.05) is 5.73 Å². The van der Waals surface area contributed by atoms with Crippen LogP contribution in [0.4, 0.5) is 19.0 Å². The van der Waals surface area contributed by atoms with E-state index in [1.807, 2.05) is 11.5 Å². The van der Waals surface area contributed by atoms with Gasteiger partial charge in [0.15, 0.2) is 0 Å². The summed E-state index contributed by atoms with van der Waals surface area (Å²) in [7, 11) is 0. The van der Waals surface area contributed by atoms with Crippen LogP contribution in [0.3, 0.4) is 0 Å². The van der Waals surface area contributed by atoms with Crippen molar-refractivity contribution < 1.29 is 13.2 Å². The van der Waals surface area contributed by atoms with Crippen LogP contribution in [0.15, 0.2) is 30.1 Å². The Hall–Kier alpha value is -2.35. The van der Waals surface area contributed by atoms with Crippen molar-refractivity contribution in [1.29, 1.82) is 0 Å². The third-order valence-corrected chi connectivity index (χ3v) is 4.04. The second kappa shape index (κ2) is 5.38. The van der Waals surface area contributed by atoms with Gasteiger partial charge in [-0.3, -0.25) is 0 Å². The van der Waals surface area contributed by atoms with E-state index in [2.05, 4.69) is 16.0 Å². The zero-order valence-corrected chi connectivity index (χ0v) is 12.4. The van der Waals surface area contributed by atoms with Gasteiger partial charge in [0, 0.05) is 18.0 Å². The molecule has 0 spiro atoms.